The summed E-state index contributed by atoms with van der Waals surface area (Å²) in [6, 6.07) is 11.4. The highest BCUT2D eigenvalue weighted by Gasteiger charge is 2.39. The van der Waals surface area contributed by atoms with Crippen molar-refractivity contribution in [2.45, 2.75) is 57.0 Å². The number of Topliss-reactive ketones (excluding diaryl/α,β-unsaturated/α-hetero) is 1. The van der Waals surface area contributed by atoms with Gasteiger partial charge in [0, 0.05) is 30.6 Å². The maximum Gasteiger partial charge on any atom is 0.303 e. The highest BCUT2D eigenvalue weighted by Crippen LogP contribution is 2.47. The lowest BCUT2D eigenvalue weighted by Crippen LogP contribution is -2.45. The summed E-state index contributed by atoms with van der Waals surface area (Å²) >= 11 is 0. The van der Waals surface area contributed by atoms with Gasteiger partial charge in [0.15, 0.2) is 0 Å². The van der Waals surface area contributed by atoms with Crippen LogP contribution in [0.5, 0.6) is 0 Å². The van der Waals surface area contributed by atoms with Crippen LogP contribution >= 0.6 is 0 Å². The van der Waals surface area contributed by atoms with E-state index in [1.165, 1.54) is 10.5 Å². The number of carboxylic acids is 1. The minimum Gasteiger partial charge on any atom is -0.481 e. The highest BCUT2D eigenvalue weighted by atomic mass is 16.4. The number of ketones is 1. The number of amides is 3. The summed E-state index contributed by atoms with van der Waals surface area (Å²) in [4.78, 5) is 61.7. The van der Waals surface area contributed by atoms with E-state index >= 15 is 0 Å². The molecule has 36 heavy (non-hydrogen) atoms. The van der Waals surface area contributed by atoms with Crippen molar-refractivity contribution in [2.75, 3.05) is 6.54 Å². The molecule has 2 aromatic rings. The number of aliphatic carboxylic acids is 1. The Balaban J connectivity index is 1.32. The molecule has 1 aliphatic carbocycles. The van der Waals surface area contributed by atoms with Gasteiger partial charge in [-0.3, -0.25) is 24.0 Å². The SMILES string of the molecule is CC1(c2ccc(C(=O)C(=O)NCCc3ccc4c(c3)CN(C(CCC(=O)O)C(N)=O)C4=O)cc2)CC1. The van der Waals surface area contributed by atoms with Crippen molar-refractivity contribution in [3.63, 3.8) is 0 Å². The number of rotatable bonds is 11. The van der Waals surface area contributed by atoms with E-state index in [0.717, 1.165) is 18.4 Å². The zero-order valence-corrected chi connectivity index (χ0v) is 20.1. The first-order valence-electron chi connectivity index (χ1n) is 12.0. The molecular formula is C27H29N3O6. The van der Waals surface area contributed by atoms with Gasteiger partial charge in [0.25, 0.3) is 11.8 Å². The fourth-order valence-electron chi connectivity index (χ4n) is 4.55. The van der Waals surface area contributed by atoms with Gasteiger partial charge >= 0.3 is 5.97 Å². The van der Waals surface area contributed by atoms with Crippen LogP contribution in [0.2, 0.25) is 0 Å². The van der Waals surface area contributed by atoms with Crippen molar-refractivity contribution >= 4 is 29.5 Å². The molecule has 1 aliphatic heterocycles. The van der Waals surface area contributed by atoms with E-state index in [1.54, 1.807) is 24.3 Å². The predicted octanol–water partition coefficient (Wildman–Crippen LogP) is 1.95. The van der Waals surface area contributed by atoms with Gasteiger partial charge in [-0.15, -0.1) is 0 Å². The number of hydrogen-bond acceptors (Lipinski definition) is 5. The summed E-state index contributed by atoms with van der Waals surface area (Å²) in [5.74, 6) is -3.45. The summed E-state index contributed by atoms with van der Waals surface area (Å²) in [5.41, 5.74) is 9.13. The zero-order valence-electron chi connectivity index (χ0n) is 20.1. The van der Waals surface area contributed by atoms with Crippen LogP contribution in [-0.2, 0) is 32.8 Å². The van der Waals surface area contributed by atoms with Crippen LogP contribution in [0.3, 0.4) is 0 Å². The lowest BCUT2D eigenvalue weighted by atomic mass is 9.96. The highest BCUT2D eigenvalue weighted by molar-refractivity contribution is 6.42. The Labute approximate surface area is 208 Å². The van der Waals surface area contributed by atoms with Gasteiger partial charge in [-0.25, -0.2) is 0 Å². The third kappa shape index (κ3) is 5.30. The average Bonchev–Trinajstić information content (AvgIpc) is 3.52. The molecule has 0 saturated heterocycles. The molecule has 4 N–H and O–H groups in total. The van der Waals surface area contributed by atoms with Gasteiger partial charge in [-0.1, -0.05) is 43.3 Å². The van der Waals surface area contributed by atoms with Crippen molar-refractivity contribution in [3.05, 3.63) is 70.3 Å². The molecule has 9 heteroatoms. The number of hydrogen-bond donors (Lipinski definition) is 3. The Morgan fingerprint density at radius 1 is 1.11 bits per heavy atom. The van der Waals surface area contributed by atoms with E-state index in [1.807, 2.05) is 18.2 Å². The normalized spacial score (nSPS) is 16.2. The minimum absolute atomic E-state index is 0.0562. The molecule has 0 aromatic heterocycles. The van der Waals surface area contributed by atoms with Gasteiger partial charge < -0.3 is 21.1 Å². The molecule has 4 rings (SSSR count). The van der Waals surface area contributed by atoms with Crippen molar-refractivity contribution in [1.82, 2.24) is 10.2 Å². The standard InChI is InChI=1S/C27H29N3O6/c1-27(11-12-27)19-5-3-17(4-6-19)23(33)25(35)29-13-10-16-2-7-20-18(14-16)15-30(26(20)36)21(24(28)34)8-9-22(31)32/h2-7,14,21H,8-13,15H2,1H3,(H2,28,34)(H,29,35)(H,31,32). The molecule has 1 atom stereocenters. The van der Waals surface area contributed by atoms with Crippen molar-refractivity contribution in [3.8, 4) is 0 Å². The van der Waals surface area contributed by atoms with Crippen LogP contribution in [0.4, 0.5) is 0 Å². The number of nitrogens with two attached hydrogens (primary N) is 1. The summed E-state index contributed by atoms with van der Waals surface area (Å²) in [6.45, 7) is 2.56. The van der Waals surface area contributed by atoms with Gasteiger partial charge in [0.1, 0.15) is 6.04 Å². The topological polar surface area (TPSA) is 147 Å². The lowest BCUT2D eigenvalue weighted by molar-refractivity contribution is -0.137. The largest absolute Gasteiger partial charge is 0.481 e. The first-order chi connectivity index (χ1) is 17.1. The maximum absolute atomic E-state index is 12.8. The number of fused-ring (bicyclic) bond motifs is 1. The predicted molar refractivity (Wildman–Crippen MR) is 130 cm³/mol. The Morgan fingerprint density at radius 2 is 1.81 bits per heavy atom. The van der Waals surface area contributed by atoms with E-state index in [9.17, 15) is 24.0 Å². The Bertz CT molecular complexity index is 1230. The van der Waals surface area contributed by atoms with E-state index in [2.05, 4.69) is 12.2 Å². The quantitative estimate of drug-likeness (QED) is 0.323. The second kappa shape index (κ2) is 9.93. The van der Waals surface area contributed by atoms with E-state index in [-0.39, 0.29) is 37.3 Å². The molecule has 0 radical (unpaired) electrons. The number of nitrogens with one attached hydrogen (secondary N) is 1. The van der Waals surface area contributed by atoms with Crippen LogP contribution < -0.4 is 11.1 Å². The number of primary amides is 1. The van der Waals surface area contributed by atoms with Gasteiger partial charge in [0.2, 0.25) is 11.7 Å². The van der Waals surface area contributed by atoms with Gasteiger partial charge in [-0.05, 0) is 53.9 Å². The van der Waals surface area contributed by atoms with Gasteiger partial charge in [-0.2, -0.15) is 0 Å². The van der Waals surface area contributed by atoms with Crippen LogP contribution in [-0.4, -0.2) is 52.1 Å². The van der Waals surface area contributed by atoms with Crippen molar-refractivity contribution in [1.29, 1.82) is 0 Å². The molecule has 1 unspecified atom stereocenters. The summed E-state index contributed by atoms with van der Waals surface area (Å²) in [6.07, 6.45) is 2.37. The Morgan fingerprint density at radius 3 is 2.42 bits per heavy atom. The van der Waals surface area contributed by atoms with E-state index in [4.69, 9.17) is 10.8 Å². The van der Waals surface area contributed by atoms with Gasteiger partial charge in [0.05, 0.1) is 0 Å². The second-order valence-electron chi connectivity index (χ2n) is 9.75. The second-order valence-corrected chi connectivity index (χ2v) is 9.75. The van der Waals surface area contributed by atoms with Crippen molar-refractivity contribution < 1.29 is 29.1 Å². The third-order valence-electron chi connectivity index (χ3n) is 7.09. The summed E-state index contributed by atoms with van der Waals surface area (Å²) < 4.78 is 0. The summed E-state index contributed by atoms with van der Waals surface area (Å²) in [5, 5.41) is 11.6. The smallest absolute Gasteiger partial charge is 0.303 e. The molecule has 0 bridgehead atoms. The summed E-state index contributed by atoms with van der Waals surface area (Å²) in [7, 11) is 0. The van der Waals surface area contributed by atoms with Crippen molar-refractivity contribution in [2.24, 2.45) is 5.73 Å². The lowest BCUT2D eigenvalue weighted by Gasteiger charge is -2.24. The van der Waals surface area contributed by atoms with Crippen LogP contribution in [0, 0.1) is 0 Å². The maximum atomic E-state index is 12.8. The Kier molecular flexibility index (Phi) is 6.92. The molecule has 1 saturated carbocycles. The third-order valence-corrected chi connectivity index (χ3v) is 7.09. The van der Waals surface area contributed by atoms with Crippen LogP contribution in [0.1, 0.15) is 70.0 Å². The molecule has 3 amide bonds. The molecule has 2 aromatic carbocycles. The fraction of sp³-hybridized carbons (Fsp3) is 0.370. The van der Waals surface area contributed by atoms with Crippen LogP contribution in [0.15, 0.2) is 42.5 Å². The van der Waals surface area contributed by atoms with E-state index < -0.39 is 29.6 Å². The monoisotopic (exact) mass is 491 g/mol. The number of carbonyl (C=O) groups is 5. The molecular weight excluding hydrogens is 462 g/mol. The number of nitrogens with zero attached hydrogens (tertiary/aromatic N) is 1. The molecule has 1 fully saturated rings. The fourth-order valence-corrected chi connectivity index (χ4v) is 4.55. The number of carboxylic acid groups (broad SMARTS) is 1. The average molecular weight is 492 g/mol. The molecule has 9 nitrogen and oxygen atoms in total. The first kappa shape index (κ1) is 25.1. The first-order valence-corrected chi connectivity index (χ1v) is 12.0. The molecule has 0 spiro atoms. The molecule has 2 aliphatic rings. The minimum atomic E-state index is -1.07. The van der Waals surface area contributed by atoms with Crippen LogP contribution in [0.25, 0.3) is 0 Å². The number of benzene rings is 2. The Hall–Kier alpha value is -4.01. The molecule has 188 valence electrons. The zero-order chi connectivity index (χ0) is 26.0. The number of carbonyl (C=O) groups excluding carboxylic acids is 4. The van der Waals surface area contributed by atoms with E-state index in [0.29, 0.717) is 23.1 Å². The molecule has 1 heterocycles.